The van der Waals surface area contributed by atoms with Crippen molar-refractivity contribution in [1.82, 2.24) is 20.0 Å². The largest absolute Gasteiger partial charge is 0.333 e. The fourth-order valence-corrected chi connectivity index (χ4v) is 3.29. The number of nitrogens with zero attached hydrogens (tertiary/aromatic N) is 3. The molecule has 2 aromatic carbocycles. The van der Waals surface area contributed by atoms with Gasteiger partial charge in [0.1, 0.15) is 0 Å². The predicted molar refractivity (Wildman–Crippen MR) is 110 cm³/mol. The van der Waals surface area contributed by atoms with Gasteiger partial charge in [-0.15, -0.1) is 0 Å². The topological polar surface area (TPSA) is 52.2 Å². The first-order chi connectivity index (χ1) is 13.0. The average Bonchev–Trinajstić information content (AvgIpc) is 3.07. The molecular weight excluding hydrogens is 383 g/mol. The number of carbonyl (C=O) groups excluding carboxylic acids is 1. The number of fused-ring (bicyclic) bond motifs is 1. The van der Waals surface area contributed by atoms with E-state index in [2.05, 4.69) is 15.1 Å². The molecule has 0 aliphatic heterocycles. The van der Waals surface area contributed by atoms with Crippen LogP contribution >= 0.6 is 23.2 Å². The molecular formula is C20H22Cl2N4O. The third kappa shape index (κ3) is 4.80. The zero-order valence-electron chi connectivity index (χ0n) is 15.4. The highest BCUT2D eigenvalue weighted by Crippen LogP contribution is 2.24. The Bertz CT molecular complexity index is 939. The number of para-hydroxylation sites is 1. The van der Waals surface area contributed by atoms with E-state index in [9.17, 15) is 4.79 Å². The molecule has 0 aliphatic carbocycles. The molecule has 0 fully saturated rings. The highest BCUT2D eigenvalue weighted by molar-refractivity contribution is 6.42. The van der Waals surface area contributed by atoms with E-state index in [4.69, 9.17) is 23.2 Å². The minimum absolute atomic E-state index is 0.0997. The summed E-state index contributed by atoms with van der Waals surface area (Å²) in [7, 11) is 4.04. The van der Waals surface area contributed by atoms with Crippen LogP contribution in [0.15, 0.2) is 42.5 Å². The van der Waals surface area contributed by atoms with Crippen molar-refractivity contribution in [3.8, 4) is 0 Å². The summed E-state index contributed by atoms with van der Waals surface area (Å²) in [4.78, 5) is 17.1. The first-order valence-corrected chi connectivity index (χ1v) is 9.52. The van der Waals surface area contributed by atoms with Crippen LogP contribution in [0.3, 0.4) is 0 Å². The van der Waals surface area contributed by atoms with Gasteiger partial charge in [0.15, 0.2) is 5.69 Å². The number of benzene rings is 2. The van der Waals surface area contributed by atoms with Gasteiger partial charge < -0.3 is 9.80 Å². The van der Waals surface area contributed by atoms with Gasteiger partial charge in [-0.05, 0) is 50.8 Å². The van der Waals surface area contributed by atoms with Crippen molar-refractivity contribution in [1.29, 1.82) is 0 Å². The summed E-state index contributed by atoms with van der Waals surface area (Å²) in [5.74, 6) is -0.0997. The molecule has 3 rings (SSSR count). The molecule has 7 heteroatoms. The number of hydrogen-bond donors (Lipinski definition) is 1. The number of halogens is 2. The molecule has 1 aromatic heterocycles. The summed E-state index contributed by atoms with van der Waals surface area (Å²) in [6.07, 6.45) is 0.864. The number of nitrogens with one attached hydrogen (secondary N) is 1. The second-order valence-corrected chi connectivity index (χ2v) is 7.56. The smallest absolute Gasteiger partial charge is 0.275 e. The lowest BCUT2D eigenvalue weighted by atomic mass is 10.1. The molecule has 0 aliphatic rings. The third-order valence-corrected chi connectivity index (χ3v) is 5.09. The van der Waals surface area contributed by atoms with E-state index in [0.717, 1.165) is 29.4 Å². The van der Waals surface area contributed by atoms with Gasteiger partial charge in [-0.2, -0.15) is 5.10 Å². The second-order valence-electron chi connectivity index (χ2n) is 6.75. The van der Waals surface area contributed by atoms with Crippen LogP contribution < -0.4 is 0 Å². The van der Waals surface area contributed by atoms with Crippen LogP contribution in [0.4, 0.5) is 0 Å². The lowest BCUT2D eigenvalue weighted by Crippen LogP contribution is -2.33. The Morgan fingerprint density at radius 3 is 2.59 bits per heavy atom. The second kappa shape index (κ2) is 8.74. The fraction of sp³-hybridized carbons (Fsp3) is 0.300. The normalized spacial score (nSPS) is 11.3. The van der Waals surface area contributed by atoms with Crippen molar-refractivity contribution in [2.45, 2.75) is 13.0 Å². The van der Waals surface area contributed by atoms with E-state index in [-0.39, 0.29) is 5.91 Å². The zero-order chi connectivity index (χ0) is 19.4. The van der Waals surface area contributed by atoms with Gasteiger partial charge >= 0.3 is 0 Å². The minimum Gasteiger partial charge on any atom is -0.333 e. The predicted octanol–water partition coefficient (Wildman–Crippen LogP) is 4.46. The van der Waals surface area contributed by atoms with Crippen molar-refractivity contribution in [2.75, 3.05) is 27.2 Å². The molecule has 1 amide bonds. The summed E-state index contributed by atoms with van der Waals surface area (Å²) in [5.41, 5.74) is 2.22. The fourth-order valence-electron chi connectivity index (χ4n) is 2.96. The molecule has 0 bridgehead atoms. The first-order valence-electron chi connectivity index (χ1n) is 8.76. The highest BCUT2D eigenvalue weighted by Gasteiger charge is 2.21. The highest BCUT2D eigenvalue weighted by atomic mass is 35.5. The van der Waals surface area contributed by atoms with E-state index in [1.807, 2.05) is 49.3 Å². The molecule has 0 saturated heterocycles. The summed E-state index contributed by atoms with van der Waals surface area (Å²) >= 11 is 12.2. The molecule has 0 spiro atoms. The number of aromatic amines is 1. The minimum atomic E-state index is -0.0997. The zero-order valence-corrected chi connectivity index (χ0v) is 16.9. The van der Waals surface area contributed by atoms with Crippen LogP contribution in [-0.2, 0) is 6.54 Å². The number of H-pyrrole nitrogens is 1. The van der Waals surface area contributed by atoms with Crippen LogP contribution in [0.25, 0.3) is 10.9 Å². The van der Waals surface area contributed by atoms with Gasteiger partial charge in [-0.1, -0.05) is 47.5 Å². The average molecular weight is 405 g/mol. The Kier molecular flexibility index (Phi) is 6.37. The number of amides is 1. The Labute approximate surface area is 168 Å². The molecule has 0 atom stereocenters. The van der Waals surface area contributed by atoms with Crippen LogP contribution in [0.5, 0.6) is 0 Å². The van der Waals surface area contributed by atoms with Crippen molar-refractivity contribution in [2.24, 2.45) is 0 Å². The SMILES string of the molecule is CN(C)CCCN(Cc1ccc(Cl)c(Cl)c1)C(=O)c1n[nH]c2ccccc12. The maximum Gasteiger partial charge on any atom is 0.275 e. The quantitative estimate of drug-likeness (QED) is 0.631. The maximum atomic E-state index is 13.2. The number of aromatic nitrogens is 2. The summed E-state index contributed by atoms with van der Waals surface area (Å²) in [5, 5.41) is 9.01. The van der Waals surface area contributed by atoms with Crippen molar-refractivity contribution < 1.29 is 4.79 Å². The van der Waals surface area contributed by atoms with Crippen molar-refractivity contribution in [3.63, 3.8) is 0 Å². The van der Waals surface area contributed by atoms with E-state index < -0.39 is 0 Å². The number of rotatable bonds is 7. The van der Waals surface area contributed by atoms with Crippen LogP contribution in [0.2, 0.25) is 10.0 Å². The van der Waals surface area contributed by atoms with Gasteiger partial charge in [0.05, 0.1) is 15.6 Å². The van der Waals surface area contributed by atoms with E-state index >= 15 is 0 Å². The monoisotopic (exact) mass is 404 g/mol. The van der Waals surface area contributed by atoms with Crippen LogP contribution in [0, 0.1) is 0 Å². The van der Waals surface area contributed by atoms with Gasteiger partial charge in [0.2, 0.25) is 0 Å². The van der Waals surface area contributed by atoms with Gasteiger partial charge in [-0.3, -0.25) is 9.89 Å². The molecule has 0 unspecified atom stereocenters. The Balaban J connectivity index is 1.85. The first kappa shape index (κ1) is 19.7. The maximum absolute atomic E-state index is 13.2. The lowest BCUT2D eigenvalue weighted by molar-refractivity contribution is 0.0733. The molecule has 1 heterocycles. The Morgan fingerprint density at radius 2 is 1.85 bits per heavy atom. The molecule has 142 valence electrons. The standard InChI is InChI=1S/C20H22Cl2N4O/c1-25(2)10-5-11-26(13-14-8-9-16(21)17(22)12-14)20(27)19-15-6-3-4-7-18(15)23-24-19/h3-4,6-9,12H,5,10-11,13H2,1-2H3,(H,23,24). The molecule has 0 radical (unpaired) electrons. The molecule has 1 N–H and O–H groups in total. The van der Waals surface area contributed by atoms with Crippen LogP contribution in [-0.4, -0.2) is 53.1 Å². The van der Waals surface area contributed by atoms with Gasteiger partial charge in [0, 0.05) is 18.5 Å². The van der Waals surface area contributed by atoms with E-state index in [1.165, 1.54) is 0 Å². The third-order valence-electron chi connectivity index (χ3n) is 4.35. The molecule has 0 saturated carbocycles. The molecule has 27 heavy (non-hydrogen) atoms. The van der Waals surface area contributed by atoms with Crippen molar-refractivity contribution >= 4 is 40.0 Å². The Hall–Kier alpha value is -2.08. The van der Waals surface area contributed by atoms with Gasteiger partial charge in [-0.25, -0.2) is 0 Å². The summed E-state index contributed by atoms with van der Waals surface area (Å²) in [6.45, 7) is 1.97. The summed E-state index contributed by atoms with van der Waals surface area (Å²) < 4.78 is 0. The van der Waals surface area contributed by atoms with Gasteiger partial charge in [0.25, 0.3) is 5.91 Å². The molecule has 5 nitrogen and oxygen atoms in total. The van der Waals surface area contributed by atoms with Crippen LogP contribution in [0.1, 0.15) is 22.5 Å². The van der Waals surface area contributed by atoms with E-state index in [0.29, 0.717) is 28.8 Å². The lowest BCUT2D eigenvalue weighted by Gasteiger charge is -2.23. The van der Waals surface area contributed by atoms with Crippen molar-refractivity contribution in [3.05, 3.63) is 63.8 Å². The molecule has 3 aromatic rings. The number of hydrogen-bond acceptors (Lipinski definition) is 3. The van der Waals surface area contributed by atoms with E-state index in [1.54, 1.807) is 12.1 Å². The number of carbonyl (C=O) groups is 1. The Morgan fingerprint density at radius 1 is 1.07 bits per heavy atom. The summed E-state index contributed by atoms with van der Waals surface area (Å²) in [6, 6.07) is 13.1.